The fourth-order valence-corrected chi connectivity index (χ4v) is 5.03. The molecule has 0 saturated carbocycles. The number of thioether (sulfide) groups is 1. The smallest absolute Gasteiger partial charge is 0.192 e. The van der Waals surface area contributed by atoms with Gasteiger partial charge in [0.25, 0.3) is 0 Å². The van der Waals surface area contributed by atoms with Gasteiger partial charge in [0.15, 0.2) is 5.13 Å². The number of nitrogens with zero attached hydrogens (tertiary/aromatic N) is 3. The van der Waals surface area contributed by atoms with Gasteiger partial charge in [-0.25, -0.2) is 4.98 Å². The van der Waals surface area contributed by atoms with Gasteiger partial charge in [-0.1, -0.05) is 36.1 Å². The van der Waals surface area contributed by atoms with E-state index in [2.05, 4.69) is 45.3 Å². The molecule has 2 aliphatic rings. The highest BCUT2D eigenvalue weighted by Crippen LogP contribution is 2.44. The van der Waals surface area contributed by atoms with E-state index in [9.17, 15) is 0 Å². The molecule has 20 heavy (non-hydrogen) atoms. The predicted molar refractivity (Wildman–Crippen MR) is 90.8 cm³/mol. The number of benzene rings is 1. The van der Waals surface area contributed by atoms with Crippen molar-refractivity contribution in [3.63, 3.8) is 0 Å². The molecular weight excluding hydrogens is 308 g/mol. The summed E-state index contributed by atoms with van der Waals surface area (Å²) in [5, 5.41) is 6.80. The van der Waals surface area contributed by atoms with E-state index in [4.69, 9.17) is 12.2 Å². The first kappa shape index (κ1) is 12.4. The Morgan fingerprint density at radius 2 is 2.20 bits per heavy atom. The molecule has 0 radical (unpaired) electrons. The number of aromatic nitrogens is 1. The molecule has 7 heteroatoms. The van der Waals surface area contributed by atoms with E-state index in [0.717, 1.165) is 15.1 Å². The van der Waals surface area contributed by atoms with Crippen molar-refractivity contribution < 1.29 is 0 Å². The maximum absolute atomic E-state index is 5.56. The van der Waals surface area contributed by atoms with Crippen molar-refractivity contribution in [2.24, 2.45) is 0 Å². The van der Waals surface area contributed by atoms with Gasteiger partial charge in [-0.15, -0.1) is 11.3 Å². The van der Waals surface area contributed by atoms with Gasteiger partial charge in [0.2, 0.25) is 0 Å². The zero-order valence-electron chi connectivity index (χ0n) is 10.7. The minimum absolute atomic E-state index is 0.124. The maximum atomic E-state index is 5.56. The first-order valence-corrected chi connectivity index (χ1v) is 8.40. The lowest BCUT2D eigenvalue weighted by molar-refractivity contribution is 0.677. The van der Waals surface area contributed by atoms with E-state index in [-0.39, 0.29) is 11.5 Å². The number of anilines is 3. The molecule has 1 aromatic carbocycles. The number of thiocarbonyl (C=S) groups is 1. The molecule has 3 heterocycles. The van der Waals surface area contributed by atoms with E-state index in [1.807, 2.05) is 17.6 Å². The highest BCUT2D eigenvalue weighted by Gasteiger charge is 2.45. The van der Waals surface area contributed by atoms with Crippen LogP contribution in [0.15, 0.2) is 35.8 Å². The number of rotatable bonds is 1. The normalized spacial score (nSPS) is 24.4. The zero-order valence-corrected chi connectivity index (χ0v) is 13.1. The molecule has 2 aromatic rings. The summed E-state index contributed by atoms with van der Waals surface area (Å²) in [7, 11) is 2.12. The molecular formula is C13H12N4S3. The van der Waals surface area contributed by atoms with Crippen molar-refractivity contribution in [2.45, 2.75) is 11.5 Å². The minimum Gasteiger partial charge on any atom is -0.361 e. The van der Waals surface area contributed by atoms with E-state index >= 15 is 0 Å². The third-order valence-electron chi connectivity index (χ3n) is 3.56. The predicted octanol–water partition coefficient (Wildman–Crippen LogP) is 3.20. The average Bonchev–Trinajstić information content (AvgIpc) is 3.06. The molecule has 0 amide bonds. The van der Waals surface area contributed by atoms with Crippen LogP contribution >= 0.6 is 35.3 Å². The number of thiazole rings is 1. The number of para-hydroxylation sites is 2. The van der Waals surface area contributed by atoms with Crippen LogP contribution in [0.2, 0.25) is 0 Å². The highest BCUT2D eigenvalue weighted by molar-refractivity contribution is 8.24. The fourth-order valence-electron chi connectivity index (χ4n) is 2.62. The van der Waals surface area contributed by atoms with Crippen LogP contribution in [0.5, 0.6) is 0 Å². The van der Waals surface area contributed by atoms with Crippen LogP contribution in [-0.2, 0) is 0 Å². The largest absolute Gasteiger partial charge is 0.361 e. The molecule has 1 fully saturated rings. The summed E-state index contributed by atoms with van der Waals surface area (Å²) in [6.45, 7) is 0. The van der Waals surface area contributed by atoms with Crippen LogP contribution in [0.25, 0.3) is 0 Å². The summed E-state index contributed by atoms with van der Waals surface area (Å²) in [5.74, 6) is 0. The molecule has 1 aromatic heterocycles. The Bertz CT molecular complexity index is 657. The summed E-state index contributed by atoms with van der Waals surface area (Å²) in [6, 6.07) is 8.35. The molecule has 102 valence electrons. The van der Waals surface area contributed by atoms with E-state index in [1.54, 1.807) is 23.1 Å². The zero-order chi connectivity index (χ0) is 13.7. The lowest BCUT2D eigenvalue weighted by Crippen LogP contribution is -2.51. The number of fused-ring (bicyclic) bond motifs is 2. The standard InChI is InChI=1S/C13H12N4S3/c1-16-9-5-3-2-4-8(9)15-10-11(16)20-13(18)17(10)12-14-6-7-19-12/h2-7,10-11,15H,1H3. The van der Waals surface area contributed by atoms with Gasteiger partial charge in [0, 0.05) is 18.6 Å². The van der Waals surface area contributed by atoms with Crippen molar-refractivity contribution in [3.8, 4) is 0 Å². The molecule has 1 saturated heterocycles. The first-order chi connectivity index (χ1) is 9.75. The van der Waals surface area contributed by atoms with Crippen molar-refractivity contribution in [1.82, 2.24) is 4.98 Å². The van der Waals surface area contributed by atoms with Crippen molar-refractivity contribution in [1.29, 1.82) is 0 Å². The van der Waals surface area contributed by atoms with Gasteiger partial charge in [-0.2, -0.15) is 0 Å². The number of hydrogen-bond donors (Lipinski definition) is 1. The molecule has 0 aliphatic carbocycles. The number of nitrogens with one attached hydrogen (secondary N) is 1. The Balaban J connectivity index is 1.77. The molecule has 1 N–H and O–H groups in total. The van der Waals surface area contributed by atoms with Crippen LogP contribution in [0.3, 0.4) is 0 Å². The van der Waals surface area contributed by atoms with Crippen LogP contribution in [-0.4, -0.2) is 27.9 Å². The third-order valence-corrected chi connectivity index (χ3v) is 6.03. The Hall–Kier alpha value is -1.31. The Morgan fingerprint density at radius 1 is 1.35 bits per heavy atom. The summed E-state index contributed by atoms with van der Waals surface area (Å²) >= 11 is 8.89. The second-order valence-corrected chi connectivity index (χ2v) is 7.30. The van der Waals surface area contributed by atoms with Crippen LogP contribution in [0.1, 0.15) is 0 Å². The highest BCUT2D eigenvalue weighted by atomic mass is 32.2. The molecule has 0 bridgehead atoms. The van der Waals surface area contributed by atoms with Gasteiger partial charge in [0.1, 0.15) is 15.9 Å². The van der Waals surface area contributed by atoms with E-state index in [1.165, 1.54) is 5.69 Å². The summed E-state index contributed by atoms with van der Waals surface area (Å²) < 4.78 is 0.877. The van der Waals surface area contributed by atoms with Gasteiger partial charge >= 0.3 is 0 Å². The van der Waals surface area contributed by atoms with Gasteiger partial charge in [-0.3, -0.25) is 4.90 Å². The molecule has 4 nitrogen and oxygen atoms in total. The Labute approximate surface area is 130 Å². The first-order valence-electron chi connectivity index (χ1n) is 6.23. The monoisotopic (exact) mass is 320 g/mol. The minimum atomic E-state index is 0.124. The summed E-state index contributed by atoms with van der Waals surface area (Å²) in [5.41, 5.74) is 2.35. The molecule has 2 atom stereocenters. The van der Waals surface area contributed by atoms with Gasteiger partial charge < -0.3 is 10.2 Å². The third kappa shape index (κ3) is 1.73. The van der Waals surface area contributed by atoms with Gasteiger partial charge in [-0.05, 0) is 12.1 Å². The second kappa shape index (κ2) is 4.61. The summed E-state index contributed by atoms with van der Waals surface area (Å²) in [4.78, 5) is 8.83. The van der Waals surface area contributed by atoms with E-state index < -0.39 is 0 Å². The molecule has 4 rings (SSSR count). The van der Waals surface area contributed by atoms with Crippen molar-refractivity contribution in [2.75, 3.05) is 22.2 Å². The van der Waals surface area contributed by atoms with E-state index in [0.29, 0.717) is 0 Å². The lowest BCUT2D eigenvalue weighted by Gasteiger charge is -2.39. The quantitative estimate of drug-likeness (QED) is 0.812. The van der Waals surface area contributed by atoms with Crippen LogP contribution in [0, 0.1) is 0 Å². The Morgan fingerprint density at radius 3 is 3.00 bits per heavy atom. The van der Waals surface area contributed by atoms with Crippen molar-refractivity contribution >= 4 is 56.1 Å². The maximum Gasteiger partial charge on any atom is 0.192 e. The average molecular weight is 320 g/mol. The Kier molecular flexibility index (Phi) is 2.87. The molecule has 2 unspecified atom stereocenters. The van der Waals surface area contributed by atoms with Crippen molar-refractivity contribution in [3.05, 3.63) is 35.8 Å². The molecule has 2 aliphatic heterocycles. The second-order valence-electron chi connectivity index (χ2n) is 4.68. The topological polar surface area (TPSA) is 31.4 Å². The summed E-state index contributed by atoms with van der Waals surface area (Å²) in [6.07, 6.45) is 1.94. The number of likely N-dealkylation sites (N-methyl/N-ethyl adjacent to an activating group) is 1. The van der Waals surface area contributed by atoms with Gasteiger partial charge in [0.05, 0.1) is 11.4 Å². The SMILES string of the molecule is CN1c2ccccc2NC2C1SC(=S)N2c1nccs1. The van der Waals surface area contributed by atoms with Crippen LogP contribution < -0.4 is 15.1 Å². The fraction of sp³-hybridized carbons (Fsp3) is 0.231. The lowest BCUT2D eigenvalue weighted by atomic mass is 10.2. The van der Waals surface area contributed by atoms with Crippen LogP contribution in [0.4, 0.5) is 16.5 Å². The molecule has 0 spiro atoms. The number of hydrogen-bond acceptors (Lipinski definition) is 6.